The molecule has 0 saturated carbocycles. The van der Waals surface area contributed by atoms with Gasteiger partial charge in [-0.15, -0.1) is 11.3 Å². The van der Waals surface area contributed by atoms with Crippen LogP contribution in [-0.2, 0) is 6.18 Å². The van der Waals surface area contributed by atoms with Crippen molar-refractivity contribution in [1.29, 1.82) is 0 Å². The van der Waals surface area contributed by atoms with E-state index in [1.165, 1.54) is 6.07 Å². The summed E-state index contributed by atoms with van der Waals surface area (Å²) in [4.78, 5) is 16.7. The highest BCUT2D eigenvalue weighted by Crippen LogP contribution is 2.34. The third-order valence-electron chi connectivity index (χ3n) is 4.54. The van der Waals surface area contributed by atoms with E-state index in [0.29, 0.717) is 28.3 Å². The number of nitrogens with zero attached hydrogens (tertiary/aromatic N) is 1. The summed E-state index contributed by atoms with van der Waals surface area (Å²) in [6, 6.07) is 2.35. The Bertz CT molecular complexity index is 766. The second-order valence-corrected chi connectivity index (χ2v) is 7.36. The predicted molar refractivity (Wildman–Crippen MR) is 91.9 cm³/mol. The second-order valence-electron chi connectivity index (χ2n) is 6.36. The molecule has 0 spiro atoms. The summed E-state index contributed by atoms with van der Waals surface area (Å²) < 4.78 is 38.3. The third kappa shape index (κ3) is 4.12. The third-order valence-corrected chi connectivity index (χ3v) is 5.74. The fourth-order valence-electron chi connectivity index (χ4n) is 3.11. The average molecular weight is 371 g/mol. The van der Waals surface area contributed by atoms with E-state index in [1.807, 2.05) is 0 Å². The maximum atomic E-state index is 12.8. The van der Waals surface area contributed by atoms with E-state index in [9.17, 15) is 18.0 Å². The van der Waals surface area contributed by atoms with Crippen LogP contribution < -0.4 is 10.6 Å². The number of amides is 1. The zero-order chi connectivity index (χ0) is 18.0. The monoisotopic (exact) mass is 371 g/mol. The number of carbonyl (C=O) groups excluding carboxylic acids is 1. The molecule has 0 aliphatic carbocycles. The van der Waals surface area contributed by atoms with Gasteiger partial charge < -0.3 is 10.6 Å². The lowest BCUT2D eigenvalue weighted by Crippen LogP contribution is -2.33. The lowest BCUT2D eigenvalue weighted by molar-refractivity contribution is -0.140. The number of thiophene rings is 1. The molecule has 0 radical (unpaired) electrons. The molecule has 4 nitrogen and oxygen atoms in total. The van der Waals surface area contributed by atoms with Crippen LogP contribution in [-0.4, -0.2) is 30.5 Å². The highest BCUT2D eigenvalue weighted by molar-refractivity contribution is 7.20. The fraction of sp³-hybridized carbons (Fsp3) is 0.529. The number of hydrogen-bond donors (Lipinski definition) is 2. The van der Waals surface area contributed by atoms with E-state index in [0.717, 1.165) is 49.8 Å². The summed E-state index contributed by atoms with van der Waals surface area (Å²) in [5.74, 6) is 0.325. The van der Waals surface area contributed by atoms with Crippen LogP contribution in [0.25, 0.3) is 10.2 Å². The number of rotatable bonds is 4. The van der Waals surface area contributed by atoms with E-state index in [-0.39, 0.29) is 10.7 Å². The van der Waals surface area contributed by atoms with E-state index in [1.54, 1.807) is 6.92 Å². The van der Waals surface area contributed by atoms with Gasteiger partial charge in [-0.05, 0) is 62.9 Å². The molecule has 1 aliphatic rings. The molecular formula is C17H20F3N3OS. The zero-order valence-corrected chi connectivity index (χ0v) is 14.7. The largest absolute Gasteiger partial charge is 0.433 e. The molecule has 0 aromatic carbocycles. The summed E-state index contributed by atoms with van der Waals surface area (Å²) in [6.07, 6.45) is -1.27. The molecule has 3 rings (SSSR count). The predicted octanol–water partition coefficient (Wildman–Crippen LogP) is 3.74. The molecule has 3 heterocycles. The molecule has 1 aliphatic heterocycles. The van der Waals surface area contributed by atoms with Gasteiger partial charge in [0, 0.05) is 11.9 Å². The quantitative estimate of drug-likeness (QED) is 0.861. The van der Waals surface area contributed by atoms with Crippen LogP contribution >= 0.6 is 11.3 Å². The van der Waals surface area contributed by atoms with E-state index in [4.69, 9.17) is 0 Å². The Hall–Kier alpha value is -1.67. The van der Waals surface area contributed by atoms with Crippen molar-refractivity contribution in [2.24, 2.45) is 5.92 Å². The summed E-state index contributed by atoms with van der Waals surface area (Å²) in [5.41, 5.74) is -0.254. The highest BCUT2D eigenvalue weighted by Gasteiger charge is 2.33. The number of piperidine rings is 1. The molecule has 25 heavy (non-hydrogen) atoms. The molecule has 1 unspecified atom stereocenters. The van der Waals surface area contributed by atoms with Crippen LogP contribution in [0.15, 0.2) is 12.1 Å². The number of aryl methyl sites for hydroxylation is 1. The Balaban J connectivity index is 1.69. The van der Waals surface area contributed by atoms with Crippen LogP contribution in [0.2, 0.25) is 0 Å². The molecule has 1 amide bonds. The van der Waals surface area contributed by atoms with Crippen molar-refractivity contribution in [1.82, 2.24) is 15.6 Å². The molecule has 2 aromatic rings. The van der Waals surface area contributed by atoms with Gasteiger partial charge in [-0.3, -0.25) is 4.79 Å². The fourth-order valence-corrected chi connectivity index (χ4v) is 4.21. The van der Waals surface area contributed by atoms with Gasteiger partial charge >= 0.3 is 6.18 Å². The van der Waals surface area contributed by atoms with E-state index < -0.39 is 11.9 Å². The molecule has 1 saturated heterocycles. The van der Waals surface area contributed by atoms with Gasteiger partial charge in [-0.25, -0.2) is 4.98 Å². The lowest BCUT2D eigenvalue weighted by Gasteiger charge is -2.22. The molecule has 0 bridgehead atoms. The second kappa shape index (κ2) is 7.29. The van der Waals surface area contributed by atoms with Gasteiger partial charge in [0.05, 0.1) is 4.88 Å². The SMILES string of the molecule is Cc1c(C(=O)NCCC2CCCNC2)sc2nc(C(F)(F)F)ccc12. The normalized spacial score (nSPS) is 18.5. The summed E-state index contributed by atoms with van der Waals surface area (Å²) in [5, 5.41) is 6.82. The van der Waals surface area contributed by atoms with Crippen molar-refractivity contribution in [3.63, 3.8) is 0 Å². The lowest BCUT2D eigenvalue weighted by atomic mass is 9.96. The van der Waals surface area contributed by atoms with Crippen molar-refractivity contribution in [3.8, 4) is 0 Å². The number of pyridine rings is 1. The Morgan fingerprint density at radius 2 is 2.24 bits per heavy atom. The molecule has 136 valence electrons. The minimum absolute atomic E-state index is 0.238. The number of fused-ring (bicyclic) bond motifs is 1. The molecule has 2 N–H and O–H groups in total. The van der Waals surface area contributed by atoms with Crippen molar-refractivity contribution in [2.45, 2.75) is 32.4 Å². The number of halogens is 3. The number of aromatic nitrogens is 1. The minimum Gasteiger partial charge on any atom is -0.351 e. The van der Waals surface area contributed by atoms with E-state index >= 15 is 0 Å². The molecular weight excluding hydrogens is 351 g/mol. The minimum atomic E-state index is -4.48. The van der Waals surface area contributed by atoms with Crippen LogP contribution in [0.4, 0.5) is 13.2 Å². The van der Waals surface area contributed by atoms with Crippen molar-refractivity contribution in [2.75, 3.05) is 19.6 Å². The van der Waals surface area contributed by atoms with Crippen LogP contribution in [0.3, 0.4) is 0 Å². The van der Waals surface area contributed by atoms with Gasteiger partial charge in [0.25, 0.3) is 5.91 Å². The summed E-state index contributed by atoms with van der Waals surface area (Å²) in [6.45, 7) is 4.34. The maximum absolute atomic E-state index is 12.8. The first-order valence-corrected chi connectivity index (χ1v) is 9.14. The van der Waals surface area contributed by atoms with Gasteiger partial charge in [0.15, 0.2) is 0 Å². The number of alkyl halides is 3. The molecule has 2 aromatic heterocycles. The molecule has 1 fully saturated rings. The van der Waals surface area contributed by atoms with Crippen LogP contribution in [0.5, 0.6) is 0 Å². The highest BCUT2D eigenvalue weighted by atomic mass is 32.1. The Morgan fingerprint density at radius 1 is 1.44 bits per heavy atom. The standard InChI is InChI=1S/C17H20F3N3OS/c1-10-12-4-5-13(17(18,19)20)23-16(12)25-14(10)15(24)22-8-6-11-3-2-7-21-9-11/h4-5,11,21H,2-3,6-9H2,1H3,(H,22,24). The van der Waals surface area contributed by atoms with Gasteiger partial charge in [0.2, 0.25) is 0 Å². The van der Waals surface area contributed by atoms with Crippen LogP contribution in [0.1, 0.15) is 40.2 Å². The van der Waals surface area contributed by atoms with Gasteiger partial charge in [-0.2, -0.15) is 13.2 Å². The average Bonchev–Trinajstić information content (AvgIpc) is 2.91. The number of hydrogen-bond acceptors (Lipinski definition) is 4. The van der Waals surface area contributed by atoms with Crippen molar-refractivity contribution >= 4 is 27.5 Å². The molecule has 1 atom stereocenters. The van der Waals surface area contributed by atoms with Gasteiger partial charge in [0.1, 0.15) is 10.5 Å². The summed E-state index contributed by atoms with van der Waals surface area (Å²) >= 11 is 1.01. The smallest absolute Gasteiger partial charge is 0.351 e. The number of carbonyl (C=O) groups is 1. The first kappa shape index (κ1) is 18.1. The molecule has 8 heteroatoms. The van der Waals surface area contributed by atoms with E-state index in [2.05, 4.69) is 15.6 Å². The summed E-state index contributed by atoms with van der Waals surface area (Å²) in [7, 11) is 0. The van der Waals surface area contributed by atoms with Gasteiger partial charge in [-0.1, -0.05) is 0 Å². The van der Waals surface area contributed by atoms with Crippen molar-refractivity contribution in [3.05, 3.63) is 28.3 Å². The first-order valence-electron chi connectivity index (χ1n) is 8.32. The Labute approximate surface area is 147 Å². The first-order chi connectivity index (χ1) is 11.9. The Kier molecular flexibility index (Phi) is 5.29. The maximum Gasteiger partial charge on any atom is 0.433 e. The number of nitrogens with one attached hydrogen (secondary N) is 2. The zero-order valence-electron chi connectivity index (χ0n) is 13.9. The Morgan fingerprint density at radius 3 is 2.92 bits per heavy atom. The van der Waals surface area contributed by atoms with Crippen molar-refractivity contribution < 1.29 is 18.0 Å². The topological polar surface area (TPSA) is 54.0 Å². The van der Waals surface area contributed by atoms with Crippen LogP contribution in [0, 0.1) is 12.8 Å².